The van der Waals surface area contributed by atoms with Crippen LogP contribution in [0.4, 0.5) is 31.4 Å². The van der Waals surface area contributed by atoms with Crippen LogP contribution in [0.2, 0.25) is 0 Å². The molecule has 0 radical (unpaired) electrons. The molecule has 2 fully saturated rings. The summed E-state index contributed by atoms with van der Waals surface area (Å²) in [5, 5.41) is 40.2. The van der Waals surface area contributed by atoms with Gasteiger partial charge in [0.1, 0.15) is 37.7 Å². The molecule has 0 unspecified atom stereocenters. The van der Waals surface area contributed by atoms with Gasteiger partial charge in [0.05, 0.1) is 27.9 Å². The number of carbonyl (C=O) groups is 5. The van der Waals surface area contributed by atoms with Crippen molar-refractivity contribution in [3.05, 3.63) is 150 Å². The molecule has 25 heteroatoms. The second-order valence-corrected chi connectivity index (χ2v) is 16.8. The van der Waals surface area contributed by atoms with Gasteiger partial charge in [-0.2, -0.15) is 11.8 Å². The van der Waals surface area contributed by atoms with Crippen LogP contribution in [0.25, 0.3) is 0 Å². The highest BCUT2D eigenvalue weighted by molar-refractivity contribution is 7.99. The molecule has 362 valence electrons. The van der Waals surface area contributed by atoms with Crippen molar-refractivity contribution in [2.45, 2.75) is 62.3 Å². The van der Waals surface area contributed by atoms with Crippen LogP contribution >= 0.6 is 11.8 Å². The van der Waals surface area contributed by atoms with Crippen molar-refractivity contribution in [3.8, 4) is 5.75 Å². The van der Waals surface area contributed by atoms with Crippen molar-refractivity contribution in [1.29, 1.82) is 0 Å². The quantitative estimate of drug-likeness (QED) is 0.0394. The second-order valence-electron chi connectivity index (χ2n) is 15.5. The highest BCUT2D eigenvalue weighted by atomic mass is 32.2. The standard InChI is InChI=1S/C44H45N9O15S/c1-27(45-41(47-42(56)66-23-28-3-11-33(12-4-28)51(59)60)48-43(57)67-24-29-5-13-34(14-6-29)52(61)62)39(54)46-32-20-49(21-32)40(55)38-19-37(69-26-31-9-17-36(65-2)18-10-31)22-50(38)44(58)68-25-30-7-15-35(16-8-30)53(63)64/h3-18,27,32,37-38H,19-26H2,1-2H3,(H,46,54)(H2,45,47,48,56,57)/t27-,37-,38-/m0/s1. The van der Waals surface area contributed by atoms with E-state index in [0.717, 1.165) is 5.56 Å². The molecule has 24 nitrogen and oxygen atoms in total. The number of hydrogen-bond acceptors (Lipinski definition) is 17. The summed E-state index contributed by atoms with van der Waals surface area (Å²) in [7, 11) is 1.57. The molecule has 5 amide bonds. The van der Waals surface area contributed by atoms with Crippen molar-refractivity contribution in [1.82, 2.24) is 25.8 Å². The number of nitro benzene ring substituents is 3. The number of rotatable bonds is 17. The first kappa shape index (κ1) is 50.1. The molecule has 6 rings (SSSR count). The minimum atomic E-state index is -1.26. The fourth-order valence-corrected chi connectivity index (χ4v) is 8.06. The van der Waals surface area contributed by atoms with Gasteiger partial charge in [-0.05, 0) is 84.1 Å². The third-order valence-electron chi connectivity index (χ3n) is 10.7. The molecule has 3 atom stereocenters. The monoisotopic (exact) mass is 971 g/mol. The lowest BCUT2D eigenvalue weighted by Crippen LogP contribution is -2.64. The molecule has 0 bridgehead atoms. The van der Waals surface area contributed by atoms with Crippen LogP contribution in [0.1, 0.15) is 35.6 Å². The number of aliphatic imine (C=N–C) groups is 1. The number of non-ortho nitro benzene ring substituents is 3. The van der Waals surface area contributed by atoms with Gasteiger partial charge in [-0.3, -0.25) is 55.5 Å². The lowest BCUT2D eigenvalue weighted by Gasteiger charge is -2.42. The van der Waals surface area contributed by atoms with Crippen molar-refractivity contribution >= 4 is 64.9 Å². The van der Waals surface area contributed by atoms with E-state index in [1.54, 1.807) is 18.9 Å². The Balaban J connectivity index is 1.06. The lowest BCUT2D eigenvalue weighted by atomic mass is 10.1. The number of hydrogen-bond donors (Lipinski definition) is 3. The fourth-order valence-electron chi connectivity index (χ4n) is 6.85. The van der Waals surface area contributed by atoms with E-state index in [9.17, 15) is 54.3 Å². The number of benzene rings is 4. The van der Waals surface area contributed by atoms with Gasteiger partial charge in [-0.25, -0.2) is 19.4 Å². The summed E-state index contributed by atoms with van der Waals surface area (Å²) >= 11 is 1.58. The fraction of sp³-hybridized carbons (Fsp3) is 0.318. The lowest BCUT2D eigenvalue weighted by molar-refractivity contribution is -0.385. The molecule has 0 spiro atoms. The largest absolute Gasteiger partial charge is 0.497 e. The van der Waals surface area contributed by atoms with Gasteiger partial charge in [0.15, 0.2) is 0 Å². The number of nitro groups is 3. The molecule has 0 saturated carbocycles. The predicted molar refractivity (Wildman–Crippen MR) is 245 cm³/mol. The molecule has 0 aliphatic carbocycles. The molecule has 2 saturated heterocycles. The Kier molecular flexibility index (Phi) is 17.0. The third-order valence-corrected chi connectivity index (χ3v) is 12.0. The van der Waals surface area contributed by atoms with Crippen molar-refractivity contribution < 1.29 is 57.7 Å². The SMILES string of the molecule is COc1ccc(CS[C@H]2C[C@@H](C(=O)N3CC(NC(=O)[C@H](C)N=C(NC(=O)OCc4ccc([N+](=O)[O-])cc4)NC(=O)OCc4ccc([N+](=O)[O-])cc4)C3)N(C(=O)OCc3ccc([N+](=O)[O-])cc3)C2)cc1. The normalized spacial score (nSPS) is 15.6. The summed E-state index contributed by atoms with van der Waals surface area (Å²) in [4.78, 5) is 105. The van der Waals surface area contributed by atoms with Crippen LogP contribution in [-0.4, -0.2) is 111 Å². The Labute approximate surface area is 396 Å². The summed E-state index contributed by atoms with van der Waals surface area (Å²) in [5.74, 6) is -0.261. The van der Waals surface area contributed by atoms with E-state index in [1.165, 1.54) is 89.5 Å². The number of nitrogens with one attached hydrogen (secondary N) is 3. The van der Waals surface area contributed by atoms with Crippen LogP contribution in [0.5, 0.6) is 5.75 Å². The van der Waals surface area contributed by atoms with E-state index in [0.29, 0.717) is 34.6 Å². The number of alkyl carbamates (subject to hydrolysis) is 2. The number of likely N-dealkylation sites (tertiary alicyclic amines) is 2. The molecule has 2 heterocycles. The zero-order chi connectivity index (χ0) is 49.6. The number of ether oxygens (including phenoxy) is 4. The van der Waals surface area contributed by atoms with E-state index >= 15 is 0 Å². The van der Waals surface area contributed by atoms with Gasteiger partial charge in [0.2, 0.25) is 17.8 Å². The first-order valence-electron chi connectivity index (χ1n) is 21.0. The number of thioether (sulfide) groups is 1. The number of amides is 5. The maximum absolute atomic E-state index is 14.0. The summed E-state index contributed by atoms with van der Waals surface area (Å²) in [6, 6.07) is 20.8. The molecule has 4 aromatic carbocycles. The first-order chi connectivity index (χ1) is 33.0. The van der Waals surface area contributed by atoms with Crippen LogP contribution in [0.15, 0.2) is 102 Å². The Bertz CT molecular complexity index is 2480. The zero-order valence-corrected chi connectivity index (χ0v) is 37.7. The minimum absolute atomic E-state index is 0.0835. The van der Waals surface area contributed by atoms with E-state index in [-0.39, 0.29) is 67.7 Å². The Hall–Kier alpha value is -8.35. The summed E-state index contributed by atoms with van der Waals surface area (Å²) in [5.41, 5.74) is 1.85. The van der Waals surface area contributed by atoms with Crippen LogP contribution in [0.3, 0.4) is 0 Å². The molecular formula is C44H45N9O15S. The average molecular weight is 972 g/mol. The van der Waals surface area contributed by atoms with Gasteiger partial charge in [-0.1, -0.05) is 12.1 Å². The molecule has 3 N–H and O–H groups in total. The van der Waals surface area contributed by atoms with E-state index in [2.05, 4.69) is 20.9 Å². The van der Waals surface area contributed by atoms with E-state index in [1.807, 2.05) is 24.3 Å². The van der Waals surface area contributed by atoms with Crippen molar-refractivity contribution in [2.75, 3.05) is 26.7 Å². The molecule has 2 aliphatic rings. The molecule has 2 aliphatic heterocycles. The minimum Gasteiger partial charge on any atom is -0.497 e. The maximum Gasteiger partial charge on any atom is 0.414 e. The van der Waals surface area contributed by atoms with Gasteiger partial charge in [0.25, 0.3) is 17.1 Å². The smallest absolute Gasteiger partial charge is 0.414 e. The van der Waals surface area contributed by atoms with E-state index in [4.69, 9.17) is 18.9 Å². The van der Waals surface area contributed by atoms with Crippen LogP contribution in [0, 0.1) is 30.3 Å². The summed E-state index contributed by atoms with van der Waals surface area (Å²) in [6.45, 7) is 0.891. The average Bonchev–Trinajstić information content (AvgIpc) is 3.77. The number of guanidine groups is 1. The topological polar surface area (TPSA) is 307 Å². The van der Waals surface area contributed by atoms with Crippen LogP contribution in [-0.2, 0) is 49.4 Å². The van der Waals surface area contributed by atoms with Gasteiger partial charge in [-0.15, -0.1) is 0 Å². The van der Waals surface area contributed by atoms with Crippen LogP contribution < -0.4 is 20.7 Å². The predicted octanol–water partition coefficient (Wildman–Crippen LogP) is 5.36. The maximum atomic E-state index is 14.0. The first-order valence-corrected chi connectivity index (χ1v) is 22.0. The van der Waals surface area contributed by atoms with Gasteiger partial charge in [0, 0.05) is 67.0 Å². The highest BCUT2D eigenvalue weighted by Crippen LogP contribution is 2.33. The number of methoxy groups -OCH3 is 1. The Morgan fingerprint density at radius 3 is 1.58 bits per heavy atom. The highest BCUT2D eigenvalue weighted by Gasteiger charge is 2.45. The van der Waals surface area contributed by atoms with Crippen molar-refractivity contribution in [3.63, 3.8) is 0 Å². The van der Waals surface area contributed by atoms with Gasteiger partial charge < -0.3 is 29.2 Å². The Morgan fingerprint density at radius 1 is 0.681 bits per heavy atom. The Morgan fingerprint density at radius 2 is 1.13 bits per heavy atom. The number of nitrogens with zero attached hydrogens (tertiary/aromatic N) is 6. The van der Waals surface area contributed by atoms with Crippen molar-refractivity contribution in [2.24, 2.45) is 4.99 Å². The molecule has 0 aromatic heterocycles. The molecule has 69 heavy (non-hydrogen) atoms. The zero-order valence-electron chi connectivity index (χ0n) is 36.9. The summed E-state index contributed by atoms with van der Waals surface area (Å²) in [6.07, 6.45) is -2.66. The molecular weight excluding hydrogens is 927 g/mol. The summed E-state index contributed by atoms with van der Waals surface area (Å²) < 4.78 is 21.2. The molecule has 4 aromatic rings. The van der Waals surface area contributed by atoms with Gasteiger partial charge >= 0.3 is 18.3 Å². The third kappa shape index (κ3) is 14.3. The van der Waals surface area contributed by atoms with E-state index < -0.39 is 63.0 Å². The second kappa shape index (κ2) is 23.4. The number of carbonyl (C=O) groups excluding carboxylic acids is 5.